The van der Waals surface area contributed by atoms with Crippen molar-refractivity contribution in [3.05, 3.63) is 51.5 Å². The standard InChI is InChI=1S/C14H15FO2S/c1-9-6-7-13(18-9)11(16)8-10-4-3-5-12(17-2)14(10)15/h3-7,11,16H,8H2,1-2H3. The normalized spacial score (nSPS) is 12.4. The molecule has 0 aliphatic rings. The van der Waals surface area contributed by atoms with E-state index in [4.69, 9.17) is 4.74 Å². The molecule has 2 nitrogen and oxygen atoms in total. The Morgan fingerprint density at radius 2 is 2.11 bits per heavy atom. The largest absolute Gasteiger partial charge is 0.494 e. The molecule has 1 unspecified atom stereocenters. The number of benzene rings is 1. The number of methoxy groups -OCH3 is 1. The van der Waals surface area contributed by atoms with E-state index in [0.717, 1.165) is 9.75 Å². The Morgan fingerprint density at radius 1 is 1.33 bits per heavy atom. The molecule has 18 heavy (non-hydrogen) atoms. The van der Waals surface area contributed by atoms with Crippen molar-refractivity contribution < 1.29 is 14.2 Å². The lowest BCUT2D eigenvalue weighted by atomic mass is 10.1. The van der Waals surface area contributed by atoms with Crippen LogP contribution < -0.4 is 4.74 Å². The molecule has 0 saturated carbocycles. The van der Waals surface area contributed by atoms with Crippen LogP contribution in [0.15, 0.2) is 30.3 Å². The number of aliphatic hydroxyl groups is 1. The third-order valence-electron chi connectivity index (χ3n) is 2.77. The van der Waals surface area contributed by atoms with Crippen molar-refractivity contribution in [2.75, 3.05) is 7.11 Å². The molecule has 0 saturated heterocycles. The van der Waals surface area contributed by atoms with Crippen molar-refractivity contribution in [3.8, 4) is 5.75 Å². The molecular weight excluding hydrogens is 251 g/mol. The van der Waals surface area contributed by atoms with Crippen LogP contribution >= 0.6 is 11.3 Å². The zero-order chi connectivity index (χ0) is 13.1. The minimum atomic E-state index is -0.676. The minimum absolute atomic E-state index is 0.210. The summed E-state index contributed by atoms with van der Waals surface area (Å²) >= 11 is 1.53. The second-order valence-electron chi connectivity index (χ2n) is 4.10. The highest BCUT2D eigenvalue weighted by Gasteiger charge is 2.15. The van der Waals surface area contributed by atoms with Gasteiger partial charge < -0.3 is 9.84 Å². The van der Waals surface area contributed by atoms with Gasteiger partial charge in [-0.2, -0.15) is 0 Å². The molecule has 0 spiro atoms. The lowest BCUT2D eigenvalue weighted by molar-refractivity contribution is 0.180. The van der Waals surface area contributed by atoms with Crippen molar-refractivity contribution in [2.24, 2.45) is 0 Å². The second-order valence-corrected chi connectivity index (χ2v) is 5.42. The summed E-state index contributed by atoms with van der Waals surface area (Å²) in [5, 5.41) is 10.1. The summed E-state index contributed by atoms with van der Waals surface area (Å²) < 4.78 is 18.8. The Kier molecular flexibility index (Phi) is 3.99. The predicted octanol–water partition coefficient (Wildman–Crippen LogP) is 3.48. The maximum atomic E-state index is 13.9. The first-order valence-electron chi connectivity index (χ1n) is 5.67. The van der Waals surface area contributed by atoms with E-state index in [2.05, 4.69) is 0 Å². The fourth-order valence-corrected chi connectivity index (χ4v) is 2.68. The van der Waals surface area contributed by atoms with Crippen LogP contribution in [-0.2, 0) is 6.42 Å². The van der Waals surface area contributed by atoms with E-state index in [1.165, 1.54) is 18.4 Å². The van der Waals surface area contributed by atoms with Crippen molar-refractivity contribution in [3.63, 3.8) is 0 Å². The van der Waals surface area contributed by atoms with Crippen LogP contribution in [0.1, 0.15) is 21.4 Å². The van der Waals surface area contributed by atoms with Gasteiger partial charge in [-0.25, -0.2) is 4.39 Å². The molecule has 1 heterocycles. The summed E-state index contributed by atoms with van der Waals surface area (Å²) in [7, 11) is 1.43. The number of aryl methyl sites for hydroxylation is 1. The summed E-state index contributed by atoms with van der Waals surface area (Å²) in [5.41, 5.74) is 0.466. The zero-order valence-corrected chi connectivity index (χ0v) is 11.1. The summed E-state index contributed by atoms with van der Waals surface area (Å²) in [6, 6.07) is 8.79. The Labute approximate surface area is 110 Å². The topological polar surface area (TPSA) is 29.5 Å². The summed E-state index contributed by atoms with van der Waals surface area (Å²) in [4.78, 5) is 1.99. The minimum Gasteiger partial charge on any atom is -0.494 e. The van der Waals surface area contributed by atoms with Crippen molar-refractivity contribution in [2.45, 2.75) is 19.4 Å². The molecule has 0 bridgehead atoms. The maximum Gasteiger partial charge on any atom is 0.168 e. The Bertz CT molecular complexity index is 536. The molecule has 1 atom stereocenters. The van der Waals surface area contributed by atoms with Gasteiger partial charge in [-0.3, -0.25) is 0 Å². The molecule has 2 rings (SSSR count). The van der Waals surface area contributed by atoms with Crippen LogP contribution in [0.3, 0.4) is 0 Å². The zero-order valence-electron chi connectivity index (χ0n) is 10.3. The summed E-state index contributed by atoms with van der Waals surface area (Å²) in [6.07, 6.45) is -0.423. The lowest BCUT2D eigenvalue weighted by Gasteiger charge is -2.11. The number of hydrogen-bond donors (Lipinski definition) is 1. The Balaban J connectivity index is 2.19. The van der Waals surface area contributed by atoms with Crippen LogP contribution in [-0.4, -0.2) is 12.2 Å². The average molecular weight is 266 g/mol. The van der Waals surface area contributed by atoms with E-state index in [1.807, 2.05) is 19.1 Å². The molecule has 0 radical (unpaired) electrons. The van der Waals surface area contributed by atoms with Gasteiger partial charge in [0.25, 0.3) is 0 Å². The van der Waals surface area contributed by atoms with Crippen molar-refractivity contribution >= 4 is 11.3 Å². The van der Waals surface area contributed by atoms with E-state index in [9.17, 15) is 9.50 Å². The highest BCUT2D eigenvalue weighted by molar-refractivity contribution is 7.12. The SMILES string of the molecule is COc1cccc(CC(O)c2ccc(C)s2)c1F. The maximum absolute atomic E-state index is 13.9. The van der Waals surface area contributed by atoms with E-state index in [1.54, 1.807) is 18.2 Å². The van der Waals surface area contributed by atoms with E-state index in [-0.39, 0.29) is 12.2 Å². The highest BCUT2D eigenvalue weighted by Crippen LogP contribution is 2.28. The van der Waals surface area contributed by atoms with Crippen molar-refractivity contribution in [1.82, 2.24) is 0 Å². The van der Waals surface area contributed by atoms with Gasteiger partial charge >= 0.3 is 0 Å². The van der Waals surface area contributed by atoms with E-state index >= 15 is 0 Å². The monoisotopic (exact) mass is 266 g/mol. The number of rotatable bonds is 4. The molecule has 0 fully saturated rings. The average Bonchev–Trinajstić information content (AvgIpc) is 2.78. The molecule has 4 heteroatoms. The second kappa shape index (κ2) is 5.50. The number of thiophene rings is 1. The van der Waals surface area contributed by atoms with Crippen LogP contribution in [0, 0.1) is 12.7 Å². The lowest BCUT2D eigenvalue weighted by Crippen LogP contribution is -2.03. The molecule has 0 aliphatic carbocycles. The van der Waals surface area contributed by atoms with Gasteiger partial charge in [-0.1, -0.05) is 12.1 Å². The molecule has 0 aliphatic heterocycles. The first-order chi connectivity index (χ1) is 8.61. The van der Waals surface area contributed by atoms with Gasteiger partial charge in [0.05, 0.1) is 13.2 Å². The smallest absolute Gasteiger partial charge is 0.168 e. The number of halogens is 1. The molecule has 2 aromatic rings. The quantitative estimate of drug-likeness (QED) is 0.918. The number of ether oxygens (including phenoxy) is 1. The van der Waals surface area contributed by atoms with Gasteiger partial charge in [0.15, 0.2) is 11.6 Å². The fourth-order valence-electron chi connectivity index (χ4n) is 1.81. The highest BCUT2D eigenvalue weighted by atomic mass is 32.1. The molecule has 1 aromatic heterocycles. The van der Waals surface area contributed by atoms with Gasteiger partial charge in [-0.05, 0) is 30.7 Å². The van der Waals surface area contributed by atoms with E-state index < -0.39 is 11.9 Å². The van der Waals surface area contributed by atoms with Gasteiger partial charge in [0.1, 0.15) is 0 Å². The predicted molar refractivity (Wildman–Crippen MR) is 70.7 cm³/mol. The molecule has 96 valence electrons. The third-order valence-corrected chi connectivity index (χ3v) is 3.87. The summed E-state index contributed by atoms with van der Waals surface area (Å²) in [5.74, 6) is -0.186. The summed E-state index contributed by atoms with van der Waals surface area (Å²) in [6.45, 7) is 1.98. The van der Waals surface area contributed by atoms with Crippen molar-refractivity contribution in [1.29, 1.82) is 0 Å². The molecule has 0 amide bonds. The van der Waals surface area contributed by atoms with Crippen LogP contribution in [0.25, 0.3) is 0 Å². The first kappa shape index (κ1) is 13.1. The van der Waals surface area contributed by atoms with Gasteiger partial charge in [-0.15, -0.1) is 11.3 Å². The number of hydrogen-bond acceptors (Lipinski definition) is 3. The Morgan fingerprint density at radius 3 is 2.72 bits per heavy atom. The third kappa shape index (κ3) is 2.71. The fraction of sp³-hybridized carbons (Fsp3) is 0.286. The first-order valence-corrected chi connectivity index (χ1v) is 6.49. The molecule has 1 N–H and O–H groups in total. The van der Waals surface area contributed by atoms with Crippen LogP contribution in [0.5, 0.6) is 5.75 Å². The molecule has 1 aromatic carbocycles. The van der Waals surface area contributed by atoms with Crippen LogP contribution in [0.2, 0.25) is 0 Å². The number of aliphatic hydroxyl groups excluding tert-OH is 1. The molecular formula is C14H15FO2S. The van der Waals surface area contributed by atoms with Gasteiger partial charge in [0.2, 0.25) is 0 Å². The van der Waals surface area contributed by atoms with E-state index in [0.29, 0.717) is 5.56 Å². The van der Waals surface area contributed by atoms with Gasteiger partial charge in [0, 0.05) is 16.2 Å². The Hall–Kier alpha value is -1.39. The van der Waals surface area contributed by atoms with Crippen LogP contribution in [0.4, 0.5) is 4.39 Å².